The minimum Gasteiger partial charge on any atom is -0.396 e. The van der Waals surface area contributed by atoms with Crippen molar-refractivity contribution in [2.75, 3.05) is 6.61 Å². The maximum Gasteiger partial charge on any atom is 0.0471 e. The highest BCUT2D eigenvalue weighted by molar-refractivity contribution is 5.85. The Kier molecular flexibility index (Phi) is 4.97. The van der Waals surface area contributed by atoms with Crippen molar-refractivity contribution in [3.05, 3.63) is 24.0 Å². The van der Waals surface area contributed by atoms with Gasteiger partial charge in [0.1, 0.15) is 0 Å². The third-order valence-electron chi connectivity index (χ3n) is 1.80. The summed E-state index contributed by atoms with van der Waals surface area (Å²) in [5.74, 6) is 0. The number of hydrogen-bond donors (Lipinski definition) is 2. The SMILES string of the molecule is Cl.Cn1cccc1[C@@H](N)CCO. The molecule has 0 unspecified atom stereocenters. The van der Waals surface area contributed by atoms with Gasteiger partial charge in [0.15, 0.2) is 0 Å². The average Bonchev–Trinajstić information content (AvgIpc) is 2.36. The quantitative estimate of drug-likeness (QED) is 0.742. The highest BCUT2D eigenvalue weighted by Gasteiger charge is 2.06. The predicted octanol–water partition coefficient (Wildman–Crippen LogP) is 0.829. The number of rotatable bonds is 3. The number of nitrogens with two attached hydrogens (primary N) is 1. The molecule has 0 saturated carbocycles. The Balaban J connectivity index is 0.00000121. The summed E-state index contributed by atoms with van der Waals surface area (Å²) in [5, 5.41) is 8.64. The lowest BCUT2D eigenvalue weighted by Gasteiger charge is -2.10. The van der Waals surface area contributed by atoms with Crippen LogP contribution in [0.25, 0.3) is 0 Å². The van der Waals surface area contributed by atoms with E-state index in [9.17, 15) is 0 Å². The number of halogens is 1. The molecule has 1 heterocycles. The molecule has 0 saturated heterocycles. The summed E-state index contributed by atoms with van der Waals surface area (Å²) >= 11 is 0. The van der Waals surface area contributed by atoms with Crippen LogP contribution >= 0.6 is 12.4 Å². The molecule has 0 spiro atoms. The molecule has 1 atom stereocenters. The van der Waals surface area contributed by atoms with Crippen LogP contribution < -0.4 is 5.73 Å². The van der Waals surface area contributed by atoms with Gasteiger partial charge in [-0.1, -0.05) is 0 Å². The molecule has 0 aliphatic carbocycles. The zero-order valence-corrected chi connectivity index (χ0v) is 7.92. The number of hydrogen-bond acceptors (Lipinski definition) is 2. The Morgan fingerprint density at radius 1 is 1.67 bits per heavy atom. The van der Waals surface area contributed by atoms with Gasteiger partial charge in [0.2, 0.25) is 0 Å². The Morgan fingerprint density at radius 2 is 2.33 bits per heavy atom. The number of aromatic nitrogens is 1. The van der Waals surface area contributed by atoms with Crippen LogP contribution in [-0.4, -0.2) is 16.3 Å². The summed E-state index contributed by atoms with van der Waals surface area (Å²) in [5.41, 5.74) is 6.84. The Hall–Kier alpha value is -0.510. The lowest BCUT2D eigenvalue weighted by molar-refractivity contribution is 0.275. The van der Waals surface area contributed by atoms with E-state index in [2.05, 4.69) is 0 Å². The van der Waals surface area contributed by atoms with Gasteiger partial charge in [-0.25, -0.2) is 0 Å². The monoisotopic (exact) mass is 190 g/mol. The number of nitrogens with zero attached hydrogens (tertiary/aromatic N) is 1. The Morgan fingerprint density at radius 3 is 2.75 bits per heavy atom. The fourth-order valence-electron chi connectivity index (χ4n) is 1.15. The van der Waals surface area contributed by atoms with Crippen LogP contribution in [0.2, 0.25) is 0 Å². The predicted molar refractivity (Wildman–Crippen MR) is 51.3 cm³/mol. The van der Waals surface area contributed by atoms with E-state index in [1.54, 1.807) is 0 Å². The van der Waals surface area contributed by atoms with Gasteiger partial charge < -0.3 is 15.4 Å². The second-order valence-electron chi connectivity index (χ2n) is 2.66. The third-order valence-corrected chi connectivity index (χ3v) is 1.80. The van der Waals surface area contributed by atoms with Crippen LogP contribution in [-0.2, 0) is 7.05 Å². The molecule has 1 aromatic heterocycles. The summed E-state index contributed by atoms with van der Waals surface area (Å²) in [6.45, 7) is 0.145. The highest BCUT2D eigenvalue weighted by atomic mass is 35.5. The van der Waals surface area contributed by atoms with E-state index >= 15 is 0 Å². The van der Waals surface area contributed by atoms with Crippen LogP contribution in [0.4, 0.5) is 0 Å². The number of aryl methyl sites for hydroxylation is 1. The van der Waals surface area contributed by atoms with Gasteiger partial charge >= 0.3 is 0 Å². The molecule has 1 rings (SSSR count). The van der Waals surface area contributed by atoms with E-state index in [-0.39, 0.29) is 25.1 Å². The van der Waals surface area contributed by atoms with Gasteiger partial charge in [-0.2, -0.15) is 0 Å². The summed E-state index contributed by atoms with van der Waals surface area (Å²) in [6.07, 6.45) is 2.57. The van der Waals surface area contributed by atoms with E-state index in [1.165, 1.54) is 0 Å². The van der Waals surface area contributed by atoms with Gasteiger partial charge in [0, 0.05) is 31.6 Å². The van der Waals surface area contributed by atoms with Crippen molar-refractivity contribution in [2.24, 2.45) is 12.8 Å². The Labute approximate surface area is 78.6 Å². The first kappa shape index (κ1) is 11.5. The molecule has 4 heteroatoms. The number of aliphatic hydroxyl groups is 1. The van der Waals surface area contributed by atoms with Gasteiger partial charge in [0.05, 0.1) is 0 Å². The van der Waals surface area contributed by atoms with Crippen molar-refractivity contribution in [3.63, 3.8) is 0 Å². The van der Waals surface area contributed by atoms with Crippen molar-refractivity contribution in [3.8, 4) is 0 Å². The summed E-state index contributed by atoms with van der Waals surface area (Å²) < 4.78 is 1.97. The molecule has 3 N–H and O–H groups in total. The average molecular weight is 191 g/mol. The lowest BCUT2D eigenvalue weighted by Crippen LogP contribution is -2.14. The van der Waals surface area contributed by atoms with Gasteiger partial charge in [-0.3, -0.25) is 0 Å². The van der Waals surface area contributed by atoms with Crippen LogP contribution in [0.3, 0.4) is 0 Å². The van der Waals surface area contributed by atoms with Crippen molar-refractivity contribution >= 4 is 12.4 Å². The molecular weight excluding hydrogens is 176 g/mol. The fourth-order valence-corrected chi connectivity index (χ4v) is 1.15. The van der Waals surface area contributed by atoms with Crippen LogP contribution in [0.1, 0.15) is 18.2 Å². The molecule has 0 aromatic carbocycles. The lowest BCUT2D eigenvalue weighted by atomic mass is 10.1. The Bertz CT molecular complexity index is 225. The summed E-state index contributed by atoms with van der Waals surface area (Å²) in [4.78, 5) is 0. The van der Waals surface area contributed by atoms with Crippen molar-refractivity contribution in [2.45, 2.75) is 12.5 Å². The first-order valence-corrected chi connectivity index (χ1v) is 3.73. The molecule has 0 aliphatic rings. The minimum atomic E-state index is -0.0417. The molecule has 0 amide bonds. The van der Waals surface area contributed by atoms with Crippen molar-refractivity contribution < 1.29 is 5.11 Å². The van der Waals surface area contributed by atoms with Crippen molar-refractivity contribution in [1.29, 1.82) is 0 Å². The smallest absolute Gasteiger partial charge is 0.0471 e. The van der Waals surface area contributed by atoms with Gasteiger partial charge in [0.25, 0.3) is 0 Å². The van der Waals surface area contributed by atoms with Crippen LogP contribution in [0, 0.1) is 0 Å². The third kappa shape index (κ3) is 2.52. The van der Waals surface area contributed by atoms with E-state index in [1.807, 2.05) is 29.9 Å². The largest absolute Gasteiger partial charge is 0.396 e. The molecular formula is C8H15ClN2O. The fraction of sp³-hybridized carbons (Fsp3) is 0.500. The summed E-state index contributed by atoms with van der Waals surface area (Å²) in [6, 6.07) is 3.88. The molecule has 70 valence electrons. The van der Waals surface area contributed by atoms with Crippen LogP contribution in [0.15, 0.2) is 18.3 Å². The van der Waals surface area contributed by atoms with E-state index in [0.29, 0.717) is 6.42 Å². The minimum absolute atomic E-state index is 0. The molecule has 12 heavy (non-hydrogen) atoms. The zero-order valence-electron chi connectivity index (χ0n) is 7.10. The molecule has 0 bridgehead atoms. The maximum absolute atomic E-state index is 8.64. The van der Waals surface area contributed by atoms with E-state index in [0.717, 1.165) is 5.69 Å². The normalized spacial score (nSPS) is 12.2. The van der Waals surface area contributed by atoms with Gasteiger partial charge in [-0.15, -0.1) is 12.4 Å². The topological polar surface area (TPSA) is 51.2 Å². The molecule has 0 radical (unpaired) electrons. The van der Waals surface area contributed by atoms with Crippen molar-refractivity contribution in [1.82, 2.24) is 4.57 Å². The molecule has 3 nitrogen and oxygen atoms in total. The first-order valence-electron chi connectivity index (χ1n) is 3.73. The summed E-state index contributed by atoms with van der Waals surface area (Å²) in [7, 11) is 1.95. The van der Waals surface area contributed by atoms with E-state index < -0.39 is 0 Å². The maximum atomic E-state index is 8.64. The van der Waals surface area contributed by atoms with E-state index in [4.69, 9.17) is 10.8 Å². The first-order chi connectivity index (χ1) is 5.25. The van der Waals surface area contributed by atoms with Gasteiger partial charge in [-0.05, 0) is 18.6 Å². The number of aliphatic hydroxyl groups excluding tert-OH is 1. The standard InChI is InChI=1S/C8H14N2O.ClH/c1-10-5-2-3-8(10)7(9)4-6-11;/h2-3,5,7,11H,4,6,9H2,1H3;1H/t7-;/m0./s1. The molecule has 0 fully saturated rings. The second-order valence-corrected chi connectivity index (χ2v) is 2.66. The molecule has 1 aromatic rings. The van der Waals surface area contributed by atoms with Crippen LogP contribution in [0.5, 0.6) is 0 Å². The molecule has 0 aliphatic heterocycles. The zero-order chi connectivity index (χ0) is 8.27. The second kappa shape index (κ2) is 5.19. The highest BCUT2D eigenvalue weighted by Crippen LogP contribution is 2.12.